The van der Waals surface area contributed by atoms with E-state index in [1.165, 1.54) is 63.8 Å². The van der Waals surface area contributed by atoms with Crippen LogP contribution < -0.4 is 5.32 Å². The minimum absolute atomic E-state index is 0.953. The predicted octanol–water partition coefficient (Wildman–Crippen LogP) is 3.29. The van der Waals surface area contributed by atoms with Gasteiger partial charge in [0.25, 0.3) is 0 Å². The molecule has 1 aromatic rings. The molecule has 0 bridgehead atoms. The largest absolute Gasteiger partial charge is 0.316 e. The van der Waals surface area contributed by atoms with Crippen LogP contribution in [0.2, 0.25) is 0 Å². The van der Waals surface area contributed by atoms with Crippen molar-refractivity contribution in [3.05, 3.63) is 35.9 Å². The molecule has 0 radical (unpaired) electrons. The van der Waals surface area contributed by atoms with Crippen LogP contribution in [0.1, 0.15) is 37.7 Å². The molecule has 3 rings (SSSR count). The number of nitrogens with zero attached hydrogens (tertiary/aromatic N) is 1. The number of benzene rings is 1. The molecule has 2 nitrogen and oxygen atoms in total. The van der Waals surface area contributed by atoms with Gasteiger partial charge < -0.3 is 5.32 Å². The van der Waals surface area contributed by atoms with E-state index in [2.05, 4.69) is 40.5 Å². The lowest BCUT2D eigenvalue weighted by molar-refractivity contribution is 0.155. The Bertz CT molecular complexity index is 376. The van der Waals surface area contributed by atoms with Crippen LogP contribution in [-0.4, -0.2) is 31.1 Å². The number of hydrogen-bond acceptors (Lipinski definition) is 2. The summed E-state index contributed by atoms with van der Waals surface area (Å²) in [6, 6.07) is 10.9. The first kappa shape index (κ1) is 14.1. The summed E-state index contributed by atoms with van der Waals surface area (Å²) in [5.74, 6) is 1.93. The zero-order chi connectivity index (χ0) is 13.6. The lowest BCUT2D eigenvalue weighted by Crippen LogP contribution is -2.36. The number of piperidine rings is 2. The third kappa shape index (κ3) is 4.07. The van der Waals surface area contributed by atoms with Gasteiger partial charge in [0.15, 0.2) is 0 Å². The van der Waals surface area contributed by atoms with E-state index in [1.54, 1.807) is 0 Å². The van der Waals surface area contributed by atoms with E-state index in [-0.39, 0.29) is 0 Å². The zero-order valence-corrected chi connectivity index (χ0v) is 12.6. The van der Waals surface area contributed by atoms with Crippen LogP contribution >= 0.6 is 0 Å². The smallest absolute Gasteiger partial charge is 0.0233 e. The summed E-state index contributed by atoms with van der Waals surface area (Å²) < 4.78 is 0. The van der Waals surface area contributed by atoms with Gasteiger partial charge in [0, 0.05) is 6.54 Å². The predicted molar refractivity (Wildman–Crippen MR) is 84.7 cm³/mol. The van der Waals surface area contributed by atoms with Gasteiger partial charge in [0.05, 0.1) is 0 Å². The first-order valence-corrected chi connectivity index (χ1v) is 8.37. The monoisotopic (exact) mass is 272 g/mol. The maximum Gasteiger partial charge on any atom is 0.0233 e. The standard InChI is InChI=1S/C18H28N2/c1-2-5-17(6-3-1)15-20-11-8-16(9-12-20)13-18-7-4-10-19-14-18/h1-3,5-6,16,18-19H,4,7-15H2. The minimum atomic E-state index is 0.953. The van der Waals surface area contributed by atoms with E-state index in [9.17, 15) is 0 Å². The topological polar surface area (TPSA) is 15.3 Å². The van der Waals surface area contributed by atoms with Gasteiger partial charge in [-0.05, 0) is 75.7 Å². The molecule has 110 valence electrons. The highest BCUT2D eigenvalue weighted by molar-refractivity contribution is 5.14. The summed E-state index contributed by atoms with van der Waals surface area (Å²) in [5.41, 5.74) is 1.46. The van der Waals surface area contributed by atoms with Crippen molar-refractivity contribution in [1.82, 2.24) is 10.2 Å². The third-order valence-corrected chi connectivity index (χ3v) is 5.02. The molecule has 0 saturated carbocycles. The van der Waals surface area contributed by atoms with Crippen LogP contribution in [0.25, 0.3) is 0 Å². The van der Waals surface area contributed by atoms with Crippen molar-refractivity contribution in [2.45, 2.75) is 38.6 Å². The van der Waals surface area contributed by atoms with E-state index >= 15 is 0 Å². The number of hydrogen-bond donors (Lipinski definition) is 1. The van der Waals surface area contributed by atoms with Crippen molar-refractivity contribution >= 4 is 0 Å². The van der Waals surface area contributed by atoms with Gasteiger partial charge in [-0.25, -0.2) is 0 Å². The Kier molecular flexibility index (Phi) is 5.10. The Morgan fingerprint density at radius 3 is 2.50 bits per heavy atom. The average Bonchev–Trinajstić information content (AvgIpc) is 2.51. The van der Waals surface area contributed by atoms with Crippen molar-refractivity contribution in [2.24, 2.45) is 11.8 Å². The molecule has 2 heterocycles. The molecule has 0 aliphatic carbocycles. The fraction of sp³-hybridized carbons (Fsp3) is 0.667. The number of likely N-dealkylation sites (tertiary alicyclic amines) is 1. The van der Waals surface area contributed by atoms with Gasteiger partial charge in [-0.15, -0.1) is 0 Å². The van der Waals surface area contributed by atoms with E-state index in [1.807, 2.05) is 0 Å². The summed E-state index contributed by atoms with van der Waals surface area (Å²) in [6.07, 6.45) is 7.12. The molecule has 2 saturated heterocycles. The fourth-order valence-electron chi connectivity index (χ4n) is 3.82. The van der Waals surface area contributed by atoms with Gasteiger partial charge in [-0.3, -0.25) is 4.90 Å². The van der Waals surface area contributed by atoms with Gasteiger partial charge >= 0.3 is 0 Å². The Morgan fingerprint density at radius 1 is 1.00 bits per heavy atom. The molecule has 1 unspecified atom stereocenters. The van der Waals surface area contributed by atoms with Gasteiger partial charge in [0.2, 0.25) is 0 Å². The Morgan fingerprint density at radius 2 is 1.80 bits per heavy atom. The summed E-state index contributed by atoms with van der Waals surface area (Å²) in [7, 11) is 0. The van der Waals surface area contributed by atoms with Crippen LogP contribution in [0.15, 0.2) is 30.3 Å². The highest BCUT2D eigenvalue weighted by atomic mass is 15.1. The van der Waals surface area contributed by atoms with Gasteiger partial charge in [-0.2, -0.15) is 0 Å². The number of rotatable bonds is 4. The van der Waals surface area contributed by atoms with Crippen molar-refractivity contribution in [2.75, 3.05) is 26.2 Å². The fourth-order valence-corrected chi connectivity index (χ4v) is 3.82. The summed E-state index contributed by atoms with van der Waals surface area (Å²) in [5, 5.41) is 3.56. The van der Waals surface area contributed by atoms with Crippen molar-refractivity contribution < 1.29 is 0 Å². The lowest BCUT2D eigenvalue weighted by atomic mass is 9.84. The highest BCUT2D eigenvalue weighted by Crippen LogP contribution is 2.27. The second kappa shape index (κ2) is 7.24. The molecule has 1 atom stereocenters. The molecule has 2 aliphatic rings. The second-order valence-corrected chi connectivity index (χ2v) is 6.65. The van der Waals surface area contributed by atoms with Crippen LogP contribution in [0.3, 0.4) is 0 Å². The lowest BCUT2D eigenvalue weighted by Gasteiger charge is -2.34. The van der Waals surface area contributed by atoms with Crippen LogP contribution in [-0.2, 0) is 6.54 Å². The second-order valence-electron chi connectivity index (χ2n) is 6.65. The first-order valence-electron chi connectivity index (χ1n) is 8.37. The molecular weight excluding hydrogens is 244 g/mol. The Labute approximate surface area is 123 Å². The van der Waals surface area contributed by atoms with Crippen molar-refractivity contribution in [3.8, 4) is 0 Å². The molecule has 0 aromatic heterocycles. The molecule has 1 N–H and O–H groups in total. The average molecular weight is 272 g/mol. The van der Waals surface area contributed by atoms with Gasteiger partial charge in [0.1, 0.15) is 0 Å². The molecule has 20 heavy (non-hydrogen) atoms. The van der Waals surface area contributed by atoms with E-state index in [0.717, 1.165) is 18.4 Å². The van der Waals surface area contributed by atoms with Crippen LogP contribution in [0.5, 0.6) is 0 Å². The number of nitrogens with one attached hydrogen (secondary N) is 1. The Balaban J connectivity index is 1.40. The van der Waals surface area contributed by atoms with E-state index in [0.29, 0.717) is 0 Å². The summed E-state index contributed by atoms with van der Waals surface area (Å²) in [4.78, 5) is 2.63. The van der Waals surface area contributed by atoms with Crippen molar-refractivity contribution in [3.63, 3.8) is 0 Å². The van der Waals surface area contributed by atoms with Crippen LogP contribution in [0.4, 0.5) is 0 Å². The molecule has 1 aromatic carbocycles. The SMILES string of the molecule is c1ccc(CN2CCC(CC3CCCNC3)CC2)cc1. The molecule has 0 amide bonds. The highest BCUT2D eigenvalue weighted by Gasteiger charge is 2.23. The summed E-state index contributed by atoms with van der Waals surface area (Å²) in [6.45, 7) is 6.23. The molecule has 2 heteroatoms. The zero-order valence-electron chi connectivity index (χ0n) is 12.6. The third-order valence-electron chi connectivity index (χ3n) is 5.02. The van der Waals surface area contributed by atoms with Gasteiger partial charge in [-0.1, -0.05) is 30.3 Å². The molecule has 2 aliphatic heterocycles. The normalized spacial score (nSPS) is 25.7. The van der Waals surface area contributed by atoms with E-state index in [4.69, 9.17) is 0 Å². The molecular formula is C18H28N2. The van der Waals surface area contributed by atoms with E-state index < -0.39 is 0 Å². The maximum absolute atomic E-state index is 3.56. The minimum Gasteiger partial charge on any atom is -0.316 e. The summed E-state index contributed by atoms with van der Waals surface area (Å²) >= 11 is 0. The van der Waals surface area contributed by atoms with Crippen LogP contribution in [0, 0.1) is 11.8 Å². The molecule has 2 fully saturated rings. The quantitative estimate of drug-likeness (QED) is 0.905. The van der Waals surface area contributed by atoms with Crippen molar-refractivity contribution in [1.29, 1.82) is 0 Å². The maximum atomic E-state index is 3.56. The molecule has 0 spiro atoms. The first-order chi connectivity index (χ1) is 9.90. The Hall–Kier alpha value is -0.860.